The van der Waals surface area contributed by atoms with Gasteiger partial charge in [0.2, 0.25) is 11.7 Å². The van der Waals surface area contributed by atoms with E-state index in [1.54, 1.807) is 0 Å². The molecule has 0 aliphatic carbocycles. The number of nitrogens with zero attached hydrogens (tertiary/aromatic N) is 2. The van der Waals surface area contributed by atoms with Gasteiger partial charge in [-0.05, 0) is 41.0 Å². The van der Waals surface area contributed by atoms with Crippen LogP contribution < -0.4 is 5.32 Å². The van der Waals surface area contributed by atoms with Crippen LogP contribution in [0.1, 0.15) is 59.7 Å². The first-order valence-electron chi connectivity index (χ1n) is 6.53. The monoisotopic (exact) mass is 255 g/mol. The Morgan fingerprint density at radius 2 is 1.89 bits per heavy atom. The summed E-state index contributed by atoms with van der Waals surface area (Å²) in [5, 5.41) is 7.34. The van der Waals surface area contributed by atoms with Crippen molar-refractivity contribution in [3.8, 4) is 0 Å². The van der Waals surface area contributed by atoms with E-state index < -0.39 is 5.60 Å². The van der Waals surface area contributed by atoms with Crippen molar-refractivity contribution in [1.82, 2.24) is 15.5 Å². The Kier molecular flexibility index (Phi) is 4.87. The van der Waals surface area contributed by atoms with Crippen LogP contribution >= 0.6 is 0 Å². The number of nitrogens with one attached hydrogen (secondary N) is 1. The lowest BCUT2D eigenvalue weighted by Gasteiger charge is -2.23. The second-order valence-electron chi connectivity index (χ2n) is 5.63. The highest BCUT2D eigenvalue weighted by Crippen LogP contribution is 2.26. The standard InChI is InChI=1S/C13H25N3O2/c1-7-13(6,17-8-2)11-15-10(18-16-11)9-14-12(3,4)5/h14H,7-9H2,1-6H3. The largest absolute Gasteiger partial charge is 0.367 e. The molecule has 0 aromatic carbocycles. The predicted octanol–water partition coefficient (Wildman–Crippen LogP) is 2.62. The van der Waals surface area contributed by atoms with E-state index in [2.05, 4.69) is 43.2 Å². The zero-order chi connectivity index (χ0) is 13.8. The lowest BCUT2D eigenvalue weighted by molar-refractivity contribution is -0.0403. The molecule has 0 amide bonds. The molecule has 1 aromatic rings. The van der Waals surface area contributed by atoms with Crippen LogP contribution in [0.25, 0.3) is 0 Å². The summed E-state index contributed by atoms with van der Waals surface area (Å²) in [6, 6.07) is 0. The first kappa shape index (κ1) is 15.1. The molecule has 0 aliphatic rings. The number of hydrogen-bond acceptors (Lipinski definition) is 5. The van der Waals surface area contributed by atoms with Crippen molar-refractivity contribution in [2.75, 3.05) is 6.61 Å². The summed E-state index contributed by atoms with van der Waals surface area (Å²) in [5.41, 5.74) is -0.430. The minimum Gasteiger partial charge on any atom is -0.367 e. The molecule has 1 atom stereocenters. The average Bonchev–Trinajstić information content (AvgIpc) is 2.75. The first-order valence-corrected chi connectivity index (χ1v) is 6.53. The fraction of sp³-hybridized carbons (Fsp3) is 0.846. The second-order valence-corrected chi connectivity index (χ2v) is 5.63. The number of ether oxygens (including phenoxy) is 1. The van der Waals surface area contributed by atoms with Crippen molar-refractivity contribution < 1.29 is 9.26 Å². The third-order valence-electron chi connectivity index (χ3n) is 2.85. The van der Waals surface area contributed by atoms with Crippen LogP contribution in [0.15, 0.2) is 4.52 Å². The molecule has 0 aliphatic heterocycles. The molecule has 0 saturated carbocycles. The minimum absolute atomic E-state index is 0.0304. The molecule has 1 aromatic heterocycles. The molecule has 1 unspecified atom stereocenters. The molecule has 1 N–H and O–H groups in total. The van der Waals surface area contributed by atoms with E-state index in [1.807, 2.05) is 13.8 Å². The van der Waals surface area contributed by atoms with E-state index in [4.69, 9.17) is 9.26 Å². The Morgan fingerprint density at radius 3 is 2.39 bits per heavy atom. The van der Waals surface area contributed by atoms with Gasteiger partial charge >= 0.3 is 0 Å². The van der Waals surface area contributed by atoms with Gasteiger partial charge in [-0.15, -0.1) is 0 Å². The summed E-state index contributed by atoms with van der Waals surface area (Å²) in [7, 11) is 0. The summed E-state index contributed by atoms with van der Waals surface area (Å²) in [6.07, 6.45) is 0.812. The van der Waals surface area contributed by atoms with Crippen LogP contribution in [-0.4, -0.2) is 22.3 Å². The van der Waals surface area contributed by atoms with E-state index in [-0.39, 0.29) is 5.54 Å². The molecule has 0 saturated heterocycles. The van der Waals surface area contributed by atoms with Gasteiger partial charge < -0.3 is 14.6 Å². The van der Waals surface area contributed by atoms with Gasteiger partial charge in [0, 0.05) is 12.1 Å². The number of aromatic nitrogens is 2. The van der Waals surface area contributed by atoms with E-state index in [0.717, 1.165) is 6.42 Å². The summed E-state index contributed by atoms with van der Waals surface area (Å²) in [5.74, 6) is 1.22. The molecule has 0 bridgehead atoms. The van der Waals surface area contributed by atoms with Crippen molar-refractivity contribution in [2.24, 2.45) is 0 Å². The van der Waals surface area contributed by atoms with E-state index in [9.17, 15) is 0 Å². The first-order chi connectivity index (χ1) is 8.30. The predicted molar refractivity (Wildman–Crippen MR) is 70.2 cm³/mol. The van der Waals surface area contributed by atoms with Crippen molar-refractivity contribution in [3.05, 3.63) is 11.7 Å². The van der Waals surface area contributed by atoms with Crippen molar-refractivity contribution in [2.45, 2.75) is 65.6 Å². The van der Waals surface area contributed by atoms with Gasteiger partial charge in [0.15, 0.2) is 0 Å². The molecule has 1 heterocycles. The van der Waals surface area contributed by atoms with Crippen LogP contribution in [-0.2, 0) is 16.9 Å². The lowest BCUT2D eigenvalue weighted by Crippen LogP contribution is -2.35. The van der Waals surface area contributed by atoms with Gasteiger partial charge in [0.1, 0.15) is 5.60 Å². The van der Waals surface area contributed by atoms with Gasteiger partial charge in [-0.2, -0.15) is 4.98 Å². The molecule has 5 nitrogen and oxygen atoms in total. The third-order valence-corrected chi connectivity index (χ3v) is 2.85. The fourth-order valence-corrected chi connectivity index (χ4v) is 1.53. The summed E-state index contributed by atoms with van der Waals surface area (Å²) in [6.45, 7) is 13.5. The summed E-state index contributed by atoms with van der Waals surface area (Å²) >= 11 is 0. The summed E-state index contributed by atoms with van der Waals surface area (Å²) < 4.78 is 11.0. The Hall–Kier alpha value is -0.940. The zero-order valence-electron chi connectivity index (χ0n) is 12.3. The SMILES string of the molecule is CCOC(C)(CC)c1noc(CNC(C)(C)C)n1. The van der Waals surface area contributed by atoms with Crippen LogP contribution in [0.3, 0.4) is 0 Å². The molecular weight excluding hydrogens is 230 g/mol. The Morgan fingerprint density at radius 1 is 1.22 bits per heavy atom. The number of hydrogen-bond donors (Lipinski definition) is 1. The second kappa shape index (κ2) is 5.80. The topological polar surface area (TPSA) is 60.2 Å². The highest BCUT2D eigenvalue weighted by molar-refractivity contribution is 4.99. The zero-order valence-corrected chi connectivity index (χ0v) is 12.3. The van der Waals surface area contributed by atoms with Gasteiger partial charge in [-0.1, -0.05) is 12.1 Å². The van der Waals surface area contributed by atoms with Crippen molar-refractivity contribution in [1.29, 1.82) is 0 Å². The molecule has 0 radical (unpaired) electrons. The normalized spacial score (nSPS) is 15.7. The highest BCUT2D eigenvalue weighted by atomic mass is 16.5. The molecule has 104 valence electrons. The average molecular weight is 255 g/mol. The van der Waals surface area contributed by atoms with Crippen molar-refractivity contribution >= 4 is 0 Å². The molecule has 1 rings (SSSR count). The molecule has 0 fully saturated rings. The van der Waals surface area contributed by atoms with E-state index in [0.29, 0.717) is 24.9 Å². The highest BCUT2D eigenvalue weighted by Gasteiger charge is 2.30. The van der Waals surface area contributed by atoms with Gasteiger partial charge in [0.25, 0.3) is 0 Å². The summed E-state index contributed by atoms with van der Waals surface area (Å²) in [4.78, 5) is 4.41. The Labute approximate surface area is 109 Å². The van der Waals surface area contributed by atoms with E-state index in [1.165, 1.54) is 0 Å². The maximum absolute atomic E-state index is 5.72. The van der Waals surface area contributed by atoms with E-state index >= 15 is 0 Å². The van der Waals surface area contributed by atoms with Gasteiger partial charge in [-0.25, -0.2) is 0 Å². The van der Waals surface area contributed by atoms with Crippen LogP contribution in [0, 0.1) is 0 Å². The van der Waals surface area contributed by atoms with Crippen LogP contribution in [0.4, 0.5) is 0 Å². The minimum atomic E-state index is -0.460. The third kappa shape index (κ3) is 4.07. The Balaban J connectivity index is 2.73. The Bertz CT molecular complexity index is 371. The molecular formula is C13H25N3O2. The molecule has 18 heavy (non-hydrogen) atoms. The smallest absolute Gasteiger partial charge is 0.240 e. The van der Waals surface area contributed by atoms with Crippen LogP contribution in [0.2, 0.25) is 0 Å². The quantitative estimate of drug-likeness (QED) is 0.846. The van der Waals surface area contributed by atoms with Gasteiger partial charge in [0.05, 0.1) is 6.54 Å². The maximum Gasteiger partial charge on any atom is 0.240 e. The fourth-order valence-electron chi connectivity index (χ4n) is 1.53. The lowest BCUT2D eigenvalue weighted by atomic mass is 10.0. The molecule has 5 heteroatoms. The molecule has 0 spiro atoms. The van der Waals surface area contributed by atoms with Crippen LogP contribution in [0.5, 0.6) is 0 Å². The van der Waals surface area contributed by atoms with Crippen molar-refractivity contribution in [3.63, 3.8) is 0 Å². The van der Waals surface area contributed by atoms with Gasteiger partial charge in [-0.3, -0.25) is 0 Å². The maximum atomic E-state index is 5.72. The number of rotatable bonds is 6.